The van der Waals surface area contributed by atoms with Crippen molar-refractivity contribution < 1.29 is 32.3 Å². The van der Waals surface area contributed by atoms with Gasteiger partial charge in [0.15, 0.2) is 12.4 Å². The molecule has 29 heavy (non-hydrogen) atoms. The first kappa shape index (κ1) is 20.4. The zero-order valence-corrected chi connectivity index (χ0v) is 15.3. The lowest BCUT2D eigenvalue weighted by Crippen LogP contribution is -2.51. The average Bonchev–Trinajstić information content (AvgIpc) is 2.81. The van der Waals surface area contributed by atoms with Gasteiger partial charge in [0, 0.05) is 0 Å². The zero-order valence-electron chi connectivity index (χ0n) is 15.3. The van der Waals surface area contributed by atoms with Crippen LogP contribution in [0.1, 0.15) is 23.7 Å². The van der Waals surface area contributed by atoms with E-state index in [0.29, 0.717) is 4.90 Å². The minimum atomic E-state index is -4.83. The fraction of sp³-hybridized carbons (Fsp3) is 0.250. The highest BCUT2D eigenvalue weighted by Crippen LogP contribution is 2.37. The maximum atomic E-state index is 13.7. The molecule has 9 heteroatoms. The molecule has 1 N–H and O–H groups in total. The number of nitrogens with one attached hydrogen (secondary N) is 1. The number of halogens is 3. The standard InChI is InChI=1S/C20H17F3N2O4/c1-12(26)13-6-2-5-9-16(13)29-11-19(28)25-15-8-4-3-7-14(15)24-18(27)10-17(25)20(21,22)23/h2-9,17H,10-11H2,1H3,(H,24,27). The Labute approximate surface area is 164 Å². The van der Waals surface area contributed by atoms with Crippen molar-refractivity contribution in [2.45, 2.75) is 25.6 Å². The first-order valence-corrected chi connectivity index (χ1v) is 8.69. The SMILES string of the molecule is CC(=O)c1ccccc1OCC(=O)N1c2ccccc2NC(=O)CC1C(F)(F)F. The highest BCUT2D eigenvalue weighted by Gasteiger charge is 2.49. The molecule has 6 nitrogen and oxygen atoms in total. The molecule has 0 radical (unpaired) electrons. The Morgan fingerprint density at radius 3 is 2.48 bits per heavy atom. The molecule has 0 bridgehead atoms. The topological polar surface area (TPSA) is 75.7 Å². The highest BCUT2D eigenvalue weighted by molar-refractivity contribution is 6.05. The maximum Gasteiger partial charge on any atom is 0.409 e. The second-order valence-corrected chi connectivity index (χ2v) is 6.43. The Kier molecular flexibility index (Phi) is 5.58. The van der Waals surface area contributed by atoms with Gasteiger partial charge in [-0.05, 0) is 31.2 Å². The quantitative estimate of drug-likeness (QED) is 0.788. The van der Waals surface area contributed by atoms with E-state index in [9.17, 15) is 27.6 Å². The molecule has 2 aromatic carbocycles. The van der Waals surface area contributed by atoms with Crippen molar-refractivity contribution in [3.63, 3.8) is 0 Å². The summed E-state index contributed by atoms with van der Waals surface area (Å²) in [5.41, 5.74) is 0.233. The van der Waals surface area contributed by atoms with Crippen LogP contribution < -0.4 is 15.0 Å². The number of hydrogen-bond donors (Lipinski definition) is 1. The number of hydrogen-bond acceptors (Lipinski definition) is 4. The van der Waals surface area contributed by atoms with Gasteiger partial charge in [-0.2, -0.15) is 13.2 Å². The van der Waals surface area contributed by atoms with Crippen LogP contribution in [0.3, 0.4) is 0 Å². The summed E-state index contributed by atoms with van der Waals surface area (Å²) in [4.78, 5) is 37.0. The molecular weight excluding hydrogens is 389 g/mol. The number of benzene rings is 2. The van der Waals surface area contributed by atoms with E-state index < -0.39 is 37.1 Å². The molecule has 1 heterocycles. The highest BCUT2D eigenvalue weighted by atomic mass is 19.4. The number of fused-ring (bicyclic) bond motifs is 1. The first-order chi connectivity index (χ1) is 13.7. The lowest BCUT2D eigenvalue weighted by Gasteiger charge is -2.31. The van der Waals surface area contributed by atoms with E-state index in [1.807, 2.05) is 0 Å². The van der Waals surface area contributed by atoms with E-state index >= 15 is 0 Å². The van der Waals surface area contributed by atoms with Gasteiger partial charge in [-0.1, -0.05) is 24.3 Å². The number of carbonyl (C=O) groups is 3. The van der Waals surface area contributed by atoms with Crippen LogP contribution in [0.2, 0.25) is 0 Å². The van der Waals surface area contributed by atoms with Crippen molar-refractivity contribution in [1.82, 2.24) is 0 Å². The molecule has 0 saturated carbocycles. The summed E-state index contributed by atoms with van der Waals surface area (Å²) >= 11 is 0. The molecular formula is C20H17F3N2O4. The van der Waals surface area contributed by atoms with E-state index in [1.165, 1.54) is 43.3 Å². The van der Waals surface area contributed by atoms with Crippen LogP contribution in [0.15, 0.2) is 48.5 Å². The van der Waals surface area contributed by atoms with Crippen LogP contribution in [-0.2, 0) is 9.59 Å². The van der Waals surface area contributed by atoms with Gasteiger partial charge < -0.3 is 10.1 Å². The second kappa shape index (κ2) is 7.94. The number of ether oxygens (including phenoxy) is 1. The van der Waals surface area contributed by atoms with Crippen LogP contribution in [-0.4, -0.2) is 36.4 Å². The molecule has 1 aliphatic heterocycles. The normalized spacial score (nSPS) is 16.5. The molecule has 3 rings (SSSR count). The number of Topliss-reactive ketones (excluding diaryl/α,β-unsaturated/α-hetero) is 1. The molecule has 0 spiro atoms. The van der Waals surface area contributed by atoms with E-state index in [0.717, 1.165) is 0 Å². The van der Waals surface area contributed by atoms with Gasteiger partial charge in [0.1, 0.15) is 11.8 Å². The summed E-state index contributed by atoms with van der Waals surface area (Å²) in [6, 6.07) is 9.52. The maximum absolute atomic E-state index is 13.7. The van der Waals surface area contributed by atoms with E-state index in [-0.39, 0.29) is 28.5 Å². The van der Waals surface area contributed by atoms with Crippen LogP contribution in [0.5, 0.6) is 5.75 Å². The van der Waals surface area contributed by atoms with Gasteiger partial charge in [-0.25, -0.2) is 0 Å². The van der Waals surface area contributed by atoms with Crippen molar-refractivity contribution in [2.75, 3.05) is 16.8 Å². The van der Waals surface area contributed by atoms with Crippen LogP contribution in [0, 0.1) is 0 Å². The van der Waals surface area contributed by atoms with Crippen LogP contribution in [0.4, 0.5) is 24.5 Å². The Balaban J connectivity index is 1.94. The van der Waals surface area contributed by atoms with Gasteiger partial charge >= 0.3 is 6.18 Å². The number of amides is 2. The monoisotopic (exact) mass is 406 g/mol. The predicted molar refractivity (Wildman–Crippen MR) is 99.0 cm³/mol. The van der Waals surface area contributed by atoms with Crippen molar-refractivity contribution in [1.29, 1.82) is 0 Å². The number of carbonyl (C=O) groups excluding carboxylic acids is 3. The fourth-order valence-electron chi connectivity index (χ4n) is 3.09. The molecule has 0 fully saturated rings. The lowest BCUT2D eigenvalue weighted by molar-refractivity contribution is -0.158. The van der Waals surface area contributed by atoms with Crippen molar-refractivity contribution in [3.8, 4) is 5.75 Å². The summed E-state index contributed by atoms with van der Waals surface area (Å²) in [7, 11) is 0. The molecule has 1 aliphatic rings. The van der Waals surface area contributed by atoms with E-state index in [4.69, 9.17) is 4.74 Å². The van der Waals surface area contributed by atoms with Gasteiger partial charge in [-0.3, -0.25) is 19.3 Å². The predicted octanol–water partition coefficient (Wildman–Crippen LogP) is 3.57. The molecule has 0 saturated heterocycles. The van der Waals surface area contributed by atoms with Crippen LogP contribution in [0.25, 0.3) is 0 Å². The molecule has 1 atom stereocenters. The minimum absolute atomic E-state index is 0.0749. The number of ketones is 1. The van der Waals surface area contributed by atoms with Crippen molar-refractivity contribution in [2.24, 2.45) is 0 Å². The largest absolute Gasteiger partial charge is 0.483 e. The number of anilines is 2. The Morgan fingerprint density at radius 2 is 1.79 bits per heavy atom. The number of nitrogens with zero attached hydrogens (tertiary/aromatic N) is 1. The molecule has 0 aliphatic carbocycles. The summed E-state index contributed by atoms with van der Waals surface area (Å²) in [5, 5.41) is 2.39. The van der Waals surface area contributed by atoms with Crippen molar-refractivity contribution >= 4 is 29.0 Å². The summed E-state index contributed by atoms with van der Waals surface area (Å²) in [6.45, 7) is 0.575. The third-order valence-corrected chi connectivity index (χ3v) is 4.39. The summed E-state index contributed by atoms with van der Waals surface area (Å²) in [5.74, 6) is -2.06. The molecule has 0 aromatic heterocycles. The lowest BCUT2D eigenvalue weighted by atomic mass is 10.1. The van der Waals surface area contributed by atoms with E-state index in [2.05, 4.69) is 5.32 Å². The molecule has 152 valence electrons. The molecule has 2 amide bonds. The Hall–Kier alpha value is -3.36. The van der Waals surface area contributed by atoms with Crippen molar-refractivity contribution in [3.05, 3.63) is 54.1 Å². The third-order valence-electron chi connectivity index (χ3n) is 4.39. The molecule has 2 aromatic rings. The smallest absolute Gasteiger partial charge is 0.409 e. The summed E-state index contributed by atoms with van der Waals surface area (Å²) < 4.78 is 46.4. The van der Waals surface area contributed by atoms with E-state index in [1.54, 1.807) is 12.1 Å². The number of alkyl halides is 3. The Morgan fingerprint density at radius 1 is 1.14 bits per heavy atom. The third kappa shape index (κ3) is 4.39. The van der Waals surface area contributed by atoms with Crippen LogP contribution >= 0.6 is 0 Å². The van der Waals surface area contributed by atoms with Gasteiger partial charge in [0.05, 0.1) is 23.4 Å². The fourth-order valence-corrected chi connectivity index (χ4v) is 3.09. The minimum Gasteiger partial charge on any atom is -0.483 e. The first-order valence-electron chi connectivity index (χ1n) is 8.69. The zero-order chi connectivity index (χ0) is 21.2. The Bertz CT molecular complexity index is 959. The molecule has 1 unspecified atom stereocenters. The number of para-hydroxylation sites is 3. The second-order valence-electron chi connectivity index (χ2n) is 6.43. The van der Waals surface area contributed by atoms with Gasteiger partial charge in [0.2, 0.25) is 5.91 Å². The van der Waals surface area contributed by atoms with Gasteiger partial charge in [0.25, 0.3) is 5.91 Å². The van der Waals surface area contributed by atoms with Gasteiger partial charge in [-0.15, -0.1) is 0 Å². The number of rotatable bonds is 4. The summed E-state index contributed by atoms with van der Waals surface area (Å²) in [6.07, 6.45) is -5.77. The average molecular weight is 406 g/mol.